The number of aromatic nitrogens is 2. The standard InChI is InChI=1S/C16H28N4O.ClH/c1-15(2,3)12-9-13(20(19-12)16(4,5)6)18-14(21)11-7-8-17-10-11;/h9,11,17H,7-8,10H2,1-6H3,(H,18,21);1H. The Morgan fingerprint density at radius 2 is 1.95 bits per heavy atom. The van der Waals surface area contributed by atoms with Gasteiger partial charge in [0, 0.05) is 18.0 Å². The van der Waals surface area contributed by atoms with E-state index in [0.29, 0.717) is 0 Å². The lowest BCUT2D eigenvalue weighted by atomic mass is 9.92. The van der Waals surface area contributed by atoms with Crippen molar-refractivity contribution in [2.24, 2.45) is 5.92 Å². The summed E-state index contributed by atoms with van der Waals surface area (Å²) in [5, 5.41) is 11.0. The summed E-state index contributed by atoms with van der Waals surface area (Å²) < 4.78 is 1.92. The van der Waals surface area contributed by atoms with Crippen LogP contribution in [0.2, 0.25) is 0 Å². The Bertz CT molecular complexity index is 519. The zero-order valence-electron chi connectivity index (χ0n) is 14.5. The molecule has 2 N–H and O–H groups in total. The van der Waals surface area contributed by atoms with Crippen LogP contribution in [0.25, 0.3) is 0 Å². The molecule has 1 unspecified atom stereocenters. The molecule has 2 heterocycles. The molecule has 0 aromatic carbocycles. The van der Waals surface area contributed by atoms with E-state index in [0.717, 1.165) is 31.0 Å². The topological polar surface area (TPSA) is 59.0 Å². The molecular weight excluding hydrogens is 300 g/mol. The molecule has 1 fully saturated rings. The first kappa shape index (κ1) is 19.0. The number of amides is 1. The van der Waals surface area contributed by atoms with Crippen molar-refractivity contribution in [2.45, 2.75) is 58.9 Å². The van der Waals surface area contributed by atoms with Gasteiger partial charge in [-0.1, -0.05) is 20.8 Å². The fourth-order valence-corrected chi connectivity index (χ4v) is 2.45. The summed E-state index contributed by atoms with van der Waals surface area (Å²) >= 11 is 0. The molecule has 0 saturated carbocycles. The molecule has 126 valence electrons. The van der Waals surface area contributed by atoms with E-state index in [-0.39, 0.29) is 35.2 Å². The Labute approximate surface area is 139 Å². The smallest absolute Gasteiger partial charge is 0.229 e. The summed E-state index contributed by atoms with van der Waals surface area (Å²) in [4.78, 5) is 12.4. The van der Waals surface area contributed by atoms with Crippen LogP contribution >= 0.6 is 12.4 Å². The molecule has 22 heavy (non-hydrogen) atoms. The SMILES string of the molecule is CC(C)(C)c1cc(NC(=O)C2CCNC2)n(C(C)(C)C)n1.Cl. The molecule has 5 nitrogen and oxygen atoms in total. The molecule has 0 aliphatic carbocycles. The molecule has 0 radical (unpaired) electrons. The number of halogens is 1. The minimum Gasteiger partial charge on any atom is -0.316 e. The zero-order valence-corrected chi connectivity index (χ0v) is 15.3. The second kappa shape index (κ2) is 6.59. The second-order valence-corrected chi connectivity index (χ2v) is 7.93. The first-order valence-corrected chi connectivity index (χ1v) is 7.71. The van der Waals surface area contributed by atoms with Crippen molar-refractivity contribution in [1.29, 1.82) is 0 Å². The number of carbonyl (C=O) groups excluding carboxylic acids is 1. The van der Waals surface area contributed by atoms with Crippen LogP contribution < -0.4 is 10.6 Å². The quantitative estimate of drug-likeness (QED) is 0.877. The maximum atomic E-state index is 12.4. The average molecular weight is 329 g/mol. The highest BCUT2D eigenvalue weighted by molar-refractivity contribution is 5.92. The Hall–Kier alpha value is -1.07. The minimum atomic E-state index is -0.167. The minimum absolute atomic E-state index is 0. The van der Waals surface area contributed by atoms with Gasteiger partial charge in [0.25, 0.3) is 0 Å². The number of hydrogen-bond donors (Lipinski definition) is 2. The van der Waals surface area contributed by atoms with Gasteiger partial charge in [0.05, 0.1) is 17.2 Å². The Morgan fingerprint density at radius 1 is 1.32 bits per heavy atom. The molecular formula is C16H29ClN4O. The van der Waals surface area contributed by atoms with E-state index in [4.69, 9.17) is 5.10 Å². The average Bonchev–Trinajstić information content (AvgIpc) is 2.94. The highest BCUT2D eigenvalue weighted by atomic mass is 35.5. The fourth-order valence-electron chi connectivity index (χ4n) is 2.45. The third kappa shape index (κ3) is 4.23. The predicted molar refractivity (Wildman–Crippen MR) is 92.8 cm³/mol. The van der Waals surface area contributed by atoms with E-state index in [1.165, 1.54) is 0 Å². The summed E-state index contributed by atoms with van der Waals surface area (Å²) in [5.74, 6) is 0.946. The van der Waals surface area contributed by atoms with Crippen LogP contribution in [0, 0.1) is 5.92 Å². The summed E-state index contributed by atoms with van der Waals surface area (Å²) in [6, 6.07) is 2.01. The van der Waals surface area contributed by atoms with Crippen molar-refractivity contribution in [3.8, 4) is 0 Å². The maximum Gasteiger partial charge on any atom is 0.229 e. The van der Waals surface area contributed by atoms with Crippen molar-refractivity contribution in [2.75, 3.05) is 18.4 Å². The van der Waals surface area contributed by atoms with Gasteiger partial charge in [0.15, 0.2) is 0 Å². The lowest BCUT2D eigenvalue weighted by molar-refractivity contribution is -0.119. The molecule has 0 bridgehead atoms. The molecule has 1 amide bonds. The third-order valence-electron chi connectivity index (χ3n) is 3.80. The van der Waals surface area contributed by atoms with Crippen molar-refractivity contribution in [1.82, 2.24) is 15.1 Å². The van der Waals surface area contributed by atoms with Crippen molar-refractivity contribution < 1.29 is 4.79 Å². The zero-order chi connectivity index (χ0) is 15.8. The van der Waals surface area contributed by atoms with Gasteiger partial charge >= 0.3 is 0 Å². The summed E-state index contributed by atoms with van der Waals surface area (Å²) in [7, 11) is 0. The Kier molecular flexibility index (Phi) is 5.68. The normalized spacial score (nSPS) is 18.9. The highest BCUT2D eigenvalue weighted by Crippen LogP contribution is 2.28. The largest absolute Gasteiger partial charge is 0.316 e. The van der Waals surface area contributed by atoms with Gasteiger partial charge in [-0.25, -0.2) is 4.68 Å². The molecule has 1 aromatic rings. The van der Waals surface area contributed by atoms with Gasteiger partial charge in [-0.05, 0) is 33.7 Å². The van der Waals surface area contributed by atoms with Crippen LogP contribution in [-0.2, 0) is 15.7 Å². The van der Waals surface area contributed by atoms with Gasteiger partial charge in [0.1, 0.15) is 5.82 Å². The third-order valence-corrected chi connectivity index (χ3v) is 3.80. The van der Waals surface area contributed by atoms with E-state index >= 15 is 0 Å². The predicted octanol–water partition coefficient (Wildman–Crippen LogP) is 2.91. The van der Waals surface area contributed by atoms with Crippen molar-refractivity contribution in [3.63, 3.8) is 0 Å². The van der Waals surface area contributed by atoms with Crippen LogP contribution in [0.3, 0.4) is 0 Å². The van der Waals surface area contributed by atoms with Crippen molar-refractivity contribution in [3.05, 3.63) is 11.8 Å². The fraction of sp³-hybridized carbons (Fsp3) is 0.750. The van der Waals surface area contributed by atoms with E-state index in [9.17, 15) is 4.79 Å². The Balaban J connectivity index is 0.00000242. The maximum absolute atomic E-state index is 12.4. The van der Waals surface area contributed by atoms with E-state index < -0.39 is 0 Å². The molecule has 6 heteroatoms. The number of rotatable bonds is 2. The summed E-state index contributed by atoms with van der Waals surface area (Å²) in [6.07, 6.45) is 0.904. The molecule has 1 saturated heterocycles. The Morgan fingerprint density at radius 3 is 2.41 bits per heavy atom. The van der Waals surface area contributed by atoms with Gasteiger partial charge in [-0.2, -0.15) is 5.10 Å². The highest BCUT2D eigenvalue weighted by Gasteiger charge is 2.28. The molecule has 1 aliphatic rings. The number of anilines is 1. The molecule has 0 spiro atoms. The number of hydrogen-bond acceptors (Lipinski definition) is 3. The van der Waals surface area contributed by atoms with Gasteiger partial charge in [0.2, 0.25) is 5.91 Å². The van der Waals surface area contributed by atoms with Crippen LogP contribution in [-0.4, -0.2) is 28.8 Å². The molecule has 1 atom stereocenters. The first-order chi connectivity index (χ1) is 9.59. The van der Waals surface area contributed by atoms with Gasteiger partial charge in [-0.15, -0.1) is 12.4 Å². The molecule has 1 aromatic heterocycles. The van der Waals surface area contributed by atoms with E-state index in [1.807, 2.05) is 10.7 Å². The first-order valence-electron chi connectivity index (χ1n) is 7.71. The summed E-state index contributed by atoms with van der Waals surface area (Å²) in [6.45, 7) is 14.4. The lowest BCUT2D eigenvalue weighted by Gasteiger charge is -2.23. The van der Waals surface area contributed by atoms with Crippen LogP contribution in [0.4, 0.5) is 5.82 Å². The second-order valence-electron chi connectivity index (χ2n) is 7.93. The van der Waals surface area contributed by atoms with E-state index in [1.54, 1.807) is 0 Å². The van der Waals surface area contributed by atoms with Crippen LogP contribution in [0.15, 0.2) is 6.07 Å². The summed E-state index contributed by atoms with van der Waals surface area (Å²) in [5.41, 5.74) is 0.794. The van der Waals surface area contributed by atoms with Gasteiger partial charge < -0.3 is 10.6 Å². The number of nitrogens with zero attached hydrogens (tertiary/aromatic N) is 2. The molecule has 1 aliphatic heterocycles. The monoisotopic (exact) mass is 328 g/mol. The number of carbonyl (C=O) groups is 1. The lowest BCUT2D eigenvalue weighted by Crippen LogP contribution is -2.30. The van der Waals surface area contributed by atoms with Crippen molar-refractivity contribution >= 4 is 24.1 Å². The van der Waals surface area contributed by atoms with Gasteiger partial charge in [-0.3, -0.25) is 4.79 Å². The van der Waals surface area contributed by atoms with E-state index in [2.05, 4.69) is 52.2 Å². The van der Waals surface area contributed by atoms with Crippen LogP contribution in [0.5, 0.6) is 0 Å². The number of nitrogens with one attached hydrogen (secondary N) is 2. The van der Waals surface area contributed by atoms with Crippen LogP contribution in [0.1, 0.15) is 53.7 Å². The molecule has 2 rings (SSSR count).